The van der Waals surface area contributed by atoms with Crippen LogP contribution in [0.15, 0.2) is 24.3 Å². The molecule has 1 aliphatic rings. The van der Waals surface area contributed by atoms with E-state index in [1.807, 2.05) is 18.2 Å². The van der Waals surface area contributed by atoms with Crippen LogP contribution in [0.1, 0.15) is 12.0 Å². The van der Waals surface area contributed by atoms with Crippen molar-refractivity contribution in [2.45, 2.75) is 18.9 Å². The fourth-order valence-electron chi connectivity index (χ4n) is 1.30. The summed E-state index contributed by atoms with van der Waals surface area (Å²) in [4.78, 5) is 10.2. The summed E-state index contributed by atoms with van der Waals surface area (Å²) in [6.07, 6.45) is 1.76. The lowest BCUT2D eigenvalue weighted by atomic mass is 10.0. The summed E-state index contributed by atoms with van der Waals surface area (Å²) in [6, 6.07) is 7.91. The van der Waals surface area contributed by atoms with Gasteiger partial charge in [-0.2, -0.15) is 4.89 Å². The maximum Gasteiger partial charge on any atom is 0.168 e. The Kier molecular flexibility index (Phi) is 2.00. The van der Waals surface area contributed by atoms with Gasteiger partial charge in [0.25, 0.3) is 0 Å². The lowest BCUT2D eigenvalue weighted by Crippen LogP contribution is -2.22. The Morgan fingerprint density at radius 1 is 1.42 bits per heavy atom. The van der Waals surface area contributed by atoms with Gasteiger partial charge in [0.1, 0.15) is 6.10 Å². The van der Waals surface area contributed by atoms with Gasteiger partial charge < -0.3 is 4.89 Å². The molecular weight excluding hydrogens is 152 g/mol. The predicted octanol–water partition coefficient (Wildman–Crippen LogP) is 2.15. The minimum atomic E-state index is 0.111. The first-order valence-corrected chi connectivity index (χ1v) is 4.10. The smallest absolute Gasteiger partial charge is 0.168 e. The zero-order valence-corrected chi connectivity index (χ0v) is 6.82. The van der Waals surface area contributed by atoms with Crippen molar-refractivity contribution in [2.75, 3.05) is 0 Å². The van der Waals surface area contributed by atoms with E-state index in [0.717, 1.165) is 18.6 Å². The first-order chi connectivity index (χ1) is 5.90. The molecule has 0 aromatic heterocycles. The van der Waals surface area contributed by atoms with Crippen molar-refractivity contribution >= 4 is 0 Å². The highest BCUT2D eigenvalue weighted by atomic mass is 17.2. The van der Waals surface area contributed by atoms with Crippen molar-refractivity contribution in [3.8, 4) is 5.75 Å². The molecule has 2 heteroatoms. The minimum Gasteiger partial charge on any atom is -0.337 e. The molecule has 1 aromatic carbocycles. The maximum absolute atomic E-state index is 5.09. The normalized spacial score (nSPS) is 21.2. The molecule has 0 amide bonds. The molecular formula is C10H11O2. The second-order valence-electron chi connectivity index (χ2n) is 2.90. The molecule has 1 atom stereocenters. The van der Waals surface area contributed by atoms with Gasteiger partial charge in [-0.15, -0.1) is 0 Å². The molecule has 1 unspecified atom stereocenters. The summed E-state index contributed by atoms with van der Waals surface area (Å²) in [5.74, 6) is 0.835. The number of hydrogen-bond donors (Lipinski definition) is 0. The van der Waals surface area contributed by atoms with Crippen LogP contribution in [0.2, 0.25) is 0 Å². The third kappa shape index (κ3) is 1.30. The molecule has 2 nitrogen and oxygen atoms in total. The highest BCUT2D eigenvalue weighted by Crippen LogP contribution is 2.26. The quantitative estimate of drug-likeness (QED) is 0.590. The second kappa shape index (κ2) is 3.15. The first kappa shape index (κ1) is 7.62. The van der Waals surface area contributed by atoms with Crippen molar-refractivity contribution < 1.29 is 9.78 Å². The summed E-state index contributed by atoms with van der Waals surface area (Å²) in [5, 5.41) is 0. The fourth-order valence-corrected chi connectivity index (χ4v) is 1.30. The molecule has 1 heterocycles. The number of fused-ring (bicyclic) bond motifs is 1. The minimum absolute atomic E-state index is 0.111. The number of rotatable bonds is 1. The van der Waals surface area contributed by atoms with Crippen LogP contribution >= 0.6 is 0 Å². The molecule has 0 saturated heterocycles. The largest absolute Gasteiger partial charge is 0.337 e. The van der Waals surface area contributed by atoms with Crippen LogP contribution in [0, 0.1) is 6.92 Å². The van der Waals surface area contributed by atoms with Crippen molar-refractivity contribution in [3.63, 3.8) is 0 Å². The van der Waals surface area contributed by atoms with Crippen molar-refractivity contribution in [1.29, 1.82) is 0 Å². The molecule has 2 rings (SSSR count). The Hall–Kier alpha value is -1.02. The van der Waals surface area contributed by atoms with E-state index in [9.17, 15) is 0 Å². The summed E-state index contributed by atoms with van der Waals surface area (Å²) >= 11 is 0. The summed E-state index contributed by atoms with van der Waals surface area (Å²) in [7, 11) is 0. The molecule has 63 valence electrons. The summed E-state index contributed by atoms with van der Waals surface area (Å²) in [6.45, 7) is 3.78. The average Bonchev–Trinajstić information content (AvgIpc) is 2.17. The molecule has 1 aliphatic heterocycles. The van der Waals surface area contributed by atoms with E-state index in [0.29, 0.717) is 0 Å². The number of hydrogen-bond acceptors (Lipinski definition) is 2. The van der Waals surface area contributed by atoms with E-state index in [1.54, 1.807) is 0 Å². The highest BCUT2D eigenvalue weighted by molar-refractivity contribution is 5.34. The molecule has 0 fully saturated rings. The van der Waals surface area contributed by atoms with Gasteiger partial charge in [-0.05, 0) is 12.5 Å². The van der Waals surface area contributed by atoms with E-state index < -0.39 is 0 Å². The Labute approximate surface area is 72.0 Å². The van der Waals surface area contributed by atoms with Gasteiger partial charge in [0.2, 0.25) is 0 Å². The molecule has 12 heavy (non-hydrogen) atoms. The number of para-hydroxylation sites is 1. The van der Waals surface area contributed by atoms with Crippen LogP contribution in [0.5, 0.6) is 5.75 Å². The predicted molar refractivity (Wildman–Crippen MR) is 45.6 cm³/mol. The van der Waals surface area contributed by atoms with Gasteiger partial charge in [-0.3, -0.25) is 0 Å². The van der Waals surface area contributed by atoms with Gasteiger partial charge in [0.05, 0.1) is 0 Å². The SMILES string of the molecule is [CH2]CC1Cc2ccccc2OO1. The summed E-state index contributed by atoms with van der Waals surface area (Å²) < 4.78 is 0. The van der Waals surface area contributed by atoms with Crippen LogP contribution in [-0.2, 0) is 11.3 Å². The maximum atomic E-state index is 5.09. The molecule has 0 aliphatic carbocycles. The van der Waals surface area contributed by atoms with E-state index in [4.69, 9.17) is 9.78 Å². The van der Waals surface area contributed by atoms with Crippen molar-refractivity contribution in [2.24, 2.45) is 0 Å². The zero-order chi connectivity index (χ0) is 8.39. The standard InChI is InChI=1S/C10H11O2/c1-2-9-7-8-5-3-4-6-10(8)12-11-9/h3-6,9H,1-2,7H2. The Bertz CT molecular complexity index is 270. The van der Waals surface area contributed by atoms with E-state index in [1.165, 1.54) is 5.56 Å². The molecule has 0 bridgehead atoms. The van der Waals surface area contributed by atoms with Crippen LogP contribution < -0.4 is 4.89 Å². The molecule has 0 spiro atoms. The van der Waals surface area contributed by atoms with E-state index in [2.05, 4.69) is 13.0 Å². The molecule has 1 aromatic rings. The van der Waals surface area contributed by atoms with Crippen LogP contribution in [0.3, 0.4) is 0 Å². The van der Waals surface area contributed by atoms with Gasteiger partial charge in [0, 0.05) is 12.0 Å². The van der Waals surface area contributed by atoms with Crippen molar-refractivity contribution in [1.82, 2.24) is 0 Å². The third-order valence-electron chi connectivity index (χ3n) is 2.02. The van der Waals surface area contributed by atoms with Gasteiger partial charge in [-0.25, -0.2) is 0 Å². The zero-order valence-electron chi connectivity index (χ0n) is 6.82. The lowest BCUT2D eigenvalue weighted by Gasteiger charge is -2.22. The third-order valence-corrected chi connectivity index (χ3v) is 2.02. The van der Waals surface area contributed by atoms with Crippen LogP contribution in [0.25, 0.3) is 0 Å². The van der Waals surface area contributed by atoms with Crippen molar-refractivity contribution in [3.05, 3.63) is 36.8 Å². The van der Waals surface area contributed by atoms with Gasteiger partial charge in [0.15, 0.2) is 5.75 Å². The highest BCUT2D eigenvalue weighted by Gasteiger charge is 2.18. The van der Waals surface area contributed by atoms with E-state index in [-0.39, 0.29) is 6.10 Å². The Balaban J connectivity index is 2.23. The monoisotopic (exact) mass is 163 g/mol. The first-order valence-electron chi connectivity index (χ1n) is 4.10. The molecule has 1 radical (unpaired) electrons. The lowest BCUT2D eigenvalue weighted by molar-refractivity contribution is -0.253. The van der Waals surface area contributed by atoms with Crippen LogP contribution in [0.4, 0.5) is 0 Å². The Morgan fingerprint density at radius 3 is 3.08 bits per heavy atom. The van der Waals surface area contributed by atoms with Gasteiger partial charge >= 0.3 is 0 Å². The van der Waals surface area contributed by atoms with Crippen LogP contribution in [-0.4, -0.2) is 6.10 Å². The molecule has 0 N–H and O–H groups in total. The Morgan fingerprint density at radius 2 is 2.25 bits per heavy atom. The molecule has 0 saturated carbocycles. The number of benzene rings is 1. The second-order valence-corrected chi connectivity index (χ2v) is 2.90. The average molecular weight is 163 g/mol. The van der Waals surface area contributed by atoms with E-state index >= 15 is 0 Å². The topological polar surface area (TPSA) is 18.5 Å². The van der Waals surface area contributed by atoms with Gasteiger partial charge in [-0.1, -0.05) is 25.1 Å². The summed E-state index contributed by atoms with van der Waals surface area (Å²) in [5.41, 5.74) is 1.21. The fraction of sp³-hybridized carbons (Fsp3) is 0.300.